The van der Waals surface area contributed by atoms with E-state index < -0.39 is 11.4 Å². The maximum absolute atomic E-state index is 11.6. The second-order valence-electron chi connectivity index (χ2n) is 3.92. The summed E-state index contributed by atoms with van der Waals surface area (Å²) in [6.45, 7) is 3.62. The second kappa shape index (κ2) is 5.45. The first-order valence-corrected chi connectivity index (χ1v) is 5.30. The van der Waals surface area contributed by atoms with E-state index in [4.69, 9.17) is 4.74 Å². The molecule has 0 unspecified atom stereocenters. The Morgan fingerprint density at radius 2 is 2.00 bits per heavy atom. The summed E-state index contributed by atoms with van der Waals surface area (Å²) in [7, 11) is 0. The summed E-state index contributed by atoms with van der Waals surface area (Å²) >= 11 is 0. The molecule has 0 radical (unpaired) electrons. The molecule has 1 atom stereocenters. The van der Waals surface area contributed by atoms with Gasteiger partial charge in [0.25, 0.3) is 0 Å². The highest BCUT2D eigenvalue weighted by Crippen LogP contribution is 2.21. The van der Waals surface area contributed by atoms with Crippen LogP contribution in [0.3, 0.4) is 0 Å². The fraction of sp³-hybridized carbons (Fsp3) is 0.385. The molecule has 3 nitrogen and oxygen atoms in total. The molecule has 16 heavy (non-hydrogen) atoms. The Kier molecular flexibility index (Phi) is 4.23. The zero-order chi connectivity index (χ0) is 12.0. The highest BCUT2D eigenvalue weighted by atomic mass is 16.5. The van der Waals surface area contributed by atoms with Gasteiger partial charge in [-0.2, -0.15) is 0 Å². The van der Waals surface area contributed by atoms with Gasteiger partial charge in [-0.25, -0.2) is 0 Å². The van der Waals surface area contributed by atoms with E-state index in [0.717, 1.165) is 5.56 Å². The van der Waals surface area contributed by atoms with E-state index in [-0.39, 0.29) is 6.61 Å². The van der Waals surface area contributed by atoms with Crippen LogP contribution in [0.5, 0.6) is 0 Å². The Balaban J connectivity index is 2.82. The van der Waals surface area contributed by atoms with Crippen LogP contribution in [0, 0.1) is 5.41 Å². The number of carbonyl (C=O) groups is 2. The number of benzene rings is 1. The van der Waals surface area contributed by atoms with Crippen molar-refractivity contribution >= 4 is 12.3 Å². The van der Waals surface area contributed by atoms with Gasteiger partial charge in [0.15, 0.2) is 0 Å². The number of rotatable bonds is 5. The zero-order valence-electron chi connectivity index (χ0n) is 9.60. The van der Waals surface area contributed by atoms with Crippen LogP contribution in [-0.2, 0) is 20.7 Å². The van der Waals surface area contributed by atoms with Crippen LogP contribution in [0.1, 0.15) is 19.4 Å². The number of hydrogen-bond donors (Lipinski definition) is 0. The van der Waals surface area contributed by atoms with Gasteiger partial charge in [-0.05, 0) is 25.8 Å². The van der Waals surface area contributed by atoms with Gasteiger partial charge >= 0.3 is 5.97 Å². The van der Waals surface area contributed by atoms with Gasteiger partial charge in [-0.15, -0.1) is 0 Å². The van der Waals surface area contributed by atoms with Crippen molar-refractivity contribution in [1.82, 2.24) is 0 Å². The lowest BCUT2D eigenvalue weighted by molar-refractivity contribution is -0.155. The molecule has 0 aliphatic heterocycles. The molecule has 0 bridgehead atoms. The van der Waals surface area contributed by atoms with Crippen LogP contribution in [0.2, 0.25) is 0 Å². The quantitative estimate of drug-likeness (QED) is 0.433. The van der Waals surface area contributed by atoms with Crippen molar-refractivity contribution in [3.05, 3.63) is 35.9 Å². The van der Waals surface area contributed by atoms with E-state index in [1.54, 1.807) is 13.8 Å². The SMILES string of the molecule is CCOC(=O)[C@@](C)(C=O)Cc1ccccc1. The van der Waals surface area contributed by atoms with Crippen LogP contribution in [-0.4, -0.2) is 18.9 Å². The molecule has 0 fully saturated rings. The van der Waals surface area contributed by atoms with E-state index in [1.807, 2.05) is 30.3 Å². The standard InChI is InChI=1S/C13H16O3/c1-3-16-12(15)13(2,10-14)9-11-7-5-4-6-8-11/h4-8,10H,3,9H2,1-2H3/t13-/m1/s1. The predicted octanol–water partition coefficient (Wildman–Crippen LogP) is 2.00. The predicted molar refractivity (Wildman–Crippen MR) is 61.0 cm³/mol. The molecule has 0 aromatic heterocycles. The van der Waals surface area contributed by atoms with Crippen molar-refractivity contribution in [2.24, 2.45) is 5.41 Å². The fourth-order valence-corrected chi connectivity index (χ4v) is 1.48. The average Bonchev–Trinajstić information content (AvgIpc) is 2.30. The van der Waals surface area contributed by atoms with E-state index in [2.05, 4.69) is 0 Å². The molecule has 0 heterocycles. The van der Waals surface area contributed by atoms with Crippen LogP contribution in [0.15, 0.2) is 30.3 Å². The summed E-state index contributed by atoms with van der Waals surface area (Å²) < 4.78 is 4.90. The minimum absolute atomic E-state index is 0.289. The lowest BCUT2D eigenvalue weighted by Gasteiger charge is -2.20. The van der Waals surface area contributed by atoms with Gasteiger partial charge in [0.05, 0.1) is 6.61 Å². The fourth-order valence-electron chi connectivity index (χ4n) is 1.48. The summed E-state index contributed by atoms with van der Waals surface area (Å²) in [5.41, 5.74) is -0.137. The van der Waals surface area contributed by atoms with Gasteiger partial charge in [0.2, 0.25) is 0 Å². The molecule has 0 spiro atoms. The number of aldehydes is 1. The molecule has 86 valence electrons. The summed E-state index contributed by atoms with van der Waals surface area (Å²) in [5, 5.41) is 0. The number of esters is 1. The molecule has 0 aliphatic rings. The van der Waals surface area contributed by atoms with Crippen molar-refractivity contribution < 1.29 is 14.3 Å². The minimum atomic E-state index is -1.09. The molecule has 0 amide bonds. The molecule has 0 aliphatic carbocycles. The van der Waals surface area contributed by atoms with Gasteiger partial charge in [-0.3, -0.25) is 4.79 Å². The summed E-state index contributed by atoms with van der Waals surface area (Å²) in [6.07, 6.45) is 1.04. The molecular formula is C13H16O3. The first-order valence-electron chi connectivity index (χ1n) is 5.30. The Morgan fingerprint density at radius 1 is 1.38 bits per heavy atom. The Morgan fingerprint density at radius 3 is 2.50 bits per heavy atom. The van der Waals surface area contributed by atoms with Gasteiger partial charge in [0, 0.05) is 0 Å². The van der Waals surface area contributed by atoms with Crippen molar-refractivity contribution in [3.8, 4) is 0 Å². The first-order chi connectivity index (χ1) is 7.62. The van der Waals surface area contributed by atoms with Crippen LogP contribution >= 0.6 is 0 Å². The largest absolute Gasteiger partial charge is 0.465 e. The van der Waals surface area contributed by atoms with Gasteiger partial charge in [0.1, 0.15) is 11.7 Å². The molecule has 1 rings (SSSR count). The highest BCUT2D eigenvalue weighted by molar-refractivity contribution is 5.93. The summed E-state index contributed by atoms with van der Waals surface area (Å²) in [6, 6.07) is 9.44. The lowest BCUT2D eigenvalue weighted by Crippen LogP contribution is -2.33. The monoisotopic (exact) mass is 220 g/mol. The Labute approximate surface area is 95.4 Å². The second-order valence-corrected chi connectivity index (χ2v) is 3.92. The maximum atomic E-state index is 11.6. The molecule has 0 N–H and O–H groups in total. The normalized spacial score (nSPS) is 13.9. The number of carbonyl (C=O) groups excluding carboxylic acids is 2. The third kappa shape index (κ3) is 2.92. The van der Waals surface area contributed by atoms with Crippen molar-refractivity contribution in [3.63, 3.8) is 0 Å². The topological polar surface area (TPSA) is 43.4 Å². The van der Waals surface area contributed by atoms with Gasteiger partial charge < -0.3 is 9.53 Å². The number of hydrogen-bond acceptors (Lipinski definition) is 3. The zero-order valence-corrected chi connectivity index (χ0v) is 9.60. The third-order valence-electron chi connectivity index (χ3n) is 2.42. The first kappa shape index (κ1) is 12.4. The summed E-state index contributed by atoms with van der Waals surface area (Å²) in [4.78, 5) is 22.7. The van der Waals surface area contributed by atoms with E-state index in [1.165, 1.54) is 0 Å². The molecular weight excluding hydrogens is 204 g/mol. The average molecular weight is 220 g/mol. The summed E-state index contributed by atoms with van der Waals surface area (Å²) in [5.74, 6) is -0.464. The highest BCUT2D eigenvalue weighted by Gasteiger charge is 2.34. The molecule has 1 aromatic carbocycles. The van der Waals surface area contributed by atoms with Crippen LogP contribution in [0.4, 0.5) is 0 Å². The minimum Gasteiger partial charge on any atom is -0.465 e. The number of ether oxygens (including phenoxy) is 1. The van der Waals surface area contributed by atoms with Crippen molar-refractivity contribution in [1.29, 1.82) is 0 Å². The maximum Gasteiger partial charge on any atom is 0.319 e. The van der Waals surface area contributed by atoms with E-state index in [9.17, 15) is 9.59 Å². The van der Waals surface area contributed by atoms with Crippen LogP contribution in [0.25, 0.3) is 0 Å². The molecule has 0 saturated carbocycles. The molecule has 1 aromatic rings. The third-order valence-corrected chi connectivity index (χ3v) is 2.42. The van der Waals surface area contributed by atoms with E-state index in [0.29, 0.717) is 12.7 Å². The van der Waals surface area contributed by atoms with Gasteiger partial charge in [-0.1, -0.05) is 30.3 Å². The van der Waals surface area contributed by atoms with Crippen molar-refractivity contribution in [2.75, 3.05) is 6.61 Å². The molecule has 0 saturated heterocycles. The molecule has 3 heteroatoms. The van der Waals surface area contributed by atoms with Crippen LogP contribution < -0.4 is 0 Å². The lowest BCUT2D eigenvalue weighted by atomic mass is 9.85. The Bertz CT molecular complexity index is 359. The van der Waals surface area contributed by atoms with E-state index >= 15 is 0 Å². The smallest absolute Gasteiger partial charge is 0.319 e. The Hall–Kier alpha value is -1.64. The van der Waals surface area contributed by atoms with Crippen molar-refractivity contribution in [2.45, 2.75) is 20.3 Å².